The Hall–Kier alpha value is -0.210. The van der Waals surface area contributed by atoms with Crippen molar-refractivity contribution in [3.05, 3.63) is 0 Å². The summed E-state index contributed by atoms with van der Waals surface area (Å²) in [6, 6.07) is 0. The van der Waals surface area contributed by atoms with Gasteiger partial charge in [-0.15, -0.1) is 4.31 Å². The van der Waals surface area contributed by atoms with Crippen LogP contribution in [0.4, 0.5) is 0 Å². The molecule has 1 saturated heterocycles. The van der Waals surface area contributed by atoms with E-state index in [0.717, 1.165) is 0 Å². The lowest BCUT2D eigenvalue weighted by atomic mass is 10.4. The zero-order chi connectivity index (χ0) is 11.3. The summed E-state index contributed by atoms with van der Waals surface area (Å²) in [5, 5.41) is 3.08. The average Bonchev–Trinajstić information content (AvgIpc) is 2.19. The summed E-state index contributed by atoms with van der Waals surface area (Å²) >= 11 is 0. The minimum Gasteiger partial charge on any atom is -0.361 e. The fourth-order valence-corrected chi connectivity index (χ4v) is 2.64. The molecule has 15 heavy (non-hydrogen) atoms. The molecule has 1 atom stereocenters. The number of hydrogen-bond acceptors (Lipinski definition) is 5. The monoisotopic (exact) mass is 238 g/mol. The summed E-state index contributed by atoms with van der Waals surface area (Å²) in [6.45, 7) is 5.61. The van der Waals surface area contributed by atoms with E-state index in [1.165, 1.54) is 4.31 Å². The minimum absolute atomic E-state index is 0.144. The highest BCUT2D eigenvalue weighted by Gasteiger charge is 2.33. The molecule has 0 aromatic heterocycles. The summed E-state index contributed by atoms with van der Waals surface area (Å²) in [6.07, 6.45) is -0.458. The molecule has 1 unspecified atom stereocenters. The van der Waals surface area contributed by atoms with Gasteiger partial charge in [0.25, 0.3) is 0 Å². The van der Waals surface area contributed by atoms with Crippen molar-refractivity contribution in [1.29, 1.82) is 0 Å². The van der Waals surface area contributed by atoms with Crippen molar-refractivity contribution in [3.8, 4) is 0 Å². The van der Waals surface area contributed by atoms with Gasteiger partial charge in [-0.1, -0.05) is 0 Å². The van der Waals surface area contributed by atoms with Crippen LogP contribution in [0.15, 0.2) is 0 Å². The van der Waals surface area contributed by atoms with E-state index in [2.05, 4.69) is 5.32 Å². The third-order valence-electron chi connectivity index (χ3n) is 2.06. The Kier molecular flexibility index (Phi) is 4.94. The third kappa shape index (κ3) is 3.39. The van der Waals surface area contributed by atoms with Crippen LogP contribution in [0.3, 0.4) is 0 Å². The lowest BCUT2D eigenvalue weighted by Crippen LogP contribution is -2.55. The first-order valence-electron chi connectivity index (χ1n) is 5.10. The molecular formula is C8H18N2O4S. The van der Waals surface area contributed by atoms with Crippen LogP contribution in [0.25, 0.3) is 0 Å². The Morgan fingerprint density at radius 3 is 2.73 bits per heavy atom. The average molecular weight is 238 g/mol. The molecule has 90 valence electrons. The van der Waals surface area contributed by atoms with Crippen molar-refractivity contribution in [2.24, 2.45) is 0 Å². The summed E-state index contributed by atoms with van der Waals surface area (Å²) in [4.78, 5) is 0. The zero-order valence-corrected chi connectivity index (χ0v) is 9.92. The topological polar surface area (TPSA) is 67.9 Å². The fourth-order valence-electron chi connectivity index (χ4n) is 1.47. The van der Waals surface area contributed by atoms with E-state index in [0.29, 0.717) is 26.2 Å². The number of nitrogens with one attached hydrogen (secondary N) is 1. The van der Waals surface area contributed by atoms with Crippen molar-refractivity contribution in [1.82, 2.24) is 9.62 Å². The van der Waals surface area contributed by atoms with Crippen molar-refractivity contribution in [2.75, 3.05) is 32.8 Å². The molecule has 1 fully saturated rings. The molecule has 7 heteroatoms. The molecule has 0 amide bonds. The third-order valence-corrected chi connectivity index (χ3v) is 3.59. The molecule has 0 radical (unpaired) electrons. The van der Waals surface area contributed by atoms with E-state index in [-0.39, 0.29) is 6.61 Å². The molecule has 0 aromatic carbocycles. The predicted molar refractivity (Wildman–Crippen MR) is 55.5 cm³/mol. The first kappa shape index (κ1) is 12.9. The molecule has 0 saturated carbocycles. The second-order valence-electron chi connectivity index (χ2n) is 3.09. The van der Waals surface area contributed by atoms with Gasteiger partial charge in [-0.05, 0) is 13.8 Å². The Morgan fingerprint density at radius 1 is 1.40 bits per heavy atom. The molecule has 0 aliphatic carbocycles. The van der Waals surface area contributed by atoms with Gasteiger partial charge >= 0.3 is 10.3 Å². The van der Waals surface area contributed by atoms with Gasteiger partial charge in [-0.25, -0.2) is 0 Å². The Balaban J connectivity index is 2.70. The lowest BCUT2D eigenvalue weighted by molar-refractivity contribution is -0.0288. The van der Waals surface area contributed by atoms with Crippen molar-refractivity contribution in [3.63, 3.8) is 0 Å². The van der Waals surface area contributed by atoms with Gasteiger partial charge in [0.1, 0.15) is 6.23 Å². The second kappa shape index (κ2) is 5.76. The highest BCUT2D eigenvalue weighted by molar-refractivity contribution is 7.84. The van der Waals surface area contributed by atoms with Gasteiger partial charge in [0.05, 0.1) is 6.61 Å². The van der Waals surface area contributed by atoms with Gasteiger partial charge < -0.3 is 10.1 Å². The van der Waals surface area contributed by atoms with Crippen molar-refractivity contribution in [2.45, 2.75) is 20.1 Å². The van der Waals surface area contributed by atoms with Gasteiger partial charge in [0.2, 0.25) is 0 Å². The number of piperazine rings is 1. The van der Waals surface area contributed by atoms with Gasteiger partial charge in [-0.3, -0.25) is 4.18 Å². The normalized spacial score (nSPS) is 24.3. The van der Waals surface area contributed by atoms with E-state index in [1.807, 2.05) is 6.92 Å². The van der Waals surface area contributed by atoms with Crippen LogP contribution in [0.2, 0.25) is 0 Å². The Morgan fingerprint density at radius 2 is 2.13 bits per heavy atom. The smallest absolute Gasteiger partial charge is 0.340 e. The predicted octanol–water partition coefficient (Wildman–Crippen LogP) is -0.464. The molecule has 1 heterocycles. The largest absolute Gasteiger partial charge is 0.361 e. The maximum atomic E-state index is 11.7. The molecule has 6 nitrogen and oxygen atoms in total. The molecular weight excluding hydrogens is 220 g/mol. The summed E-state index contributed by atoms with van der Waals surface area (Å²) in [7, 11) is -3.64. The number of rotatable bonds is 5. The first-order chi connectivity index (χ1) is 7.11. The molecule has 1 N–H and O–H groups in total. The van der Waals surface area contributed by atoms with E-state index in [4.69, 9.17) is 8.92 Å². The van der Waals surface area contributed by atoms with Gasteiger partial charge in [0, 0.05) is 26.2 Å². The van der Waals surface area contributed by atoms with Crippen molar-refractivity contribution < 1.29 is 17.3 Å². The Labute approximate surface area is 90.8 Å². The highest BCUT2D eigenvalue weighted by Crippen LogP contribution is 2.12. The molecule has 0 bridgehead atoms. The number of hydrogen-bond donors (Lipinski definition) is 1. The SMILES string of the molecule is CCOC1CNCCN1S(=O)(=O)OCC. The molecule has 0 spiro atoms. The maximum absolute atomic E-state index is 11.7. The van der Waals surface area contributed by atoms with Crippen LogP contribution >= 0.6 is 0 Å². The van der Waals surface area contributed by atoms with Crippen LogP contribution < -0.4 is 5.32 Å². The lowest BCUT2D eigenvalue weighted by Gasteiger charge is -2.33. The standard InChI is InChI=1S/C8H18N2O4S/c1-3-13-8-7-9-5-6-10(8)15(11,12)14-4-2/h8-9H,3-7H2,1-2H3. The second-order valence-corrected chi connectivity index (χ2v) is 4.65. The van der Waals surface area contributed by atoms with E-state index in [1.54, 1.807) is 6.92 Å². The number of nitrogens with zero attached hydrogens (tertiary/aromatic N) is 1. The van der Waals surface area contributed by atoms with Crippen LogP contribution in [0.5, 0.6) is 0 Å². The number of ether oxygens (including phenoxy) is 1. The van der Waals surface area contributed by atoms with Crippen LogP contribution in [0.1, 0.15) is 13.8 Å². The molecule has 1 aliphatic rings. The van der Waals surface area contributed by atoms with E-state index >= 15 is 0 Å². The van der Waals surface area contributed by atoms with E-state index < -0.39 is 16.5 Å². The minimum atomic E-state index is -3.64. The van der Waals surface area contributed by atoms with Gasteiger partial charge in [0.15, 0.2) is 0 Å². The van der Waals surface area contributed by atoms with Crippen molar-refractivity contribution >= 4 is 10.3 Å². The van der Waals surface area contributed by atoms with Crippen LogP contribution in [-0.2, 0) is 19.2 Å². The highest BCUT2D eigenvalue weighted by atomic mass is 32.2. The van der Waals surface area contributed by atoms with Crippen LogP contribution in [0, 0.1) is 0 Å². The fraction of sp³-hybridized carbons (Fsp3) is 1.00. The molecule has 1 rings (SSSR count). The first-order valence-corrected chi connectivity index (χ1v) is 6.46. The van der Waals surface area contributed by atoms with Gasteiger partial charge in [-0.2, -0.15) is 8.42 Å². The summed E-state index contributed by atoms with van der Waals surface area (Å²) in [5.74, 6) is 0. The quantitative estimate of drug-likeness (QED) is 0.701. The molecule has 0 aromatic rings. The van der Waals surface area contributed by atoms with E-state index in [9.17, 15) is 8.42 Å². The maximum Gasteiger partial charge on any atom is 0.340 e. The summed E-state index contributed by atoms with van der Waals surface area (Å²) in [5.41, 5.74) is 0. The van der Waals surface area contributed by atoms with Crippen LogP contribution in [-0.4, -0.2) is 51.8 Å². The Bertz CT molecular complexity index is 278. The summed E-state index contributed by atoms with van der Waals surface area (Å²) < 4.78 is 34.7. The molecule has 1 aliphatic heterocycles. The zero-order valence-electron chi connectivity index (χ0n) is 9.10.